The van der Waals surface area contributed by atoms with Crippen LogP contribution < -0.4 is 10.1 Å². The molecule has 4 rings (SSSR count). The van der Waals surface area contributed by atoms with E-state index >= 15 is 0 Å². The fourth-order valence-electron chi connectivity index (χ4n) is 4.02. The number of rotatable bonds is 5. The zero-order valence-corrected chi connectivity index (χ0v) is 19.1. The number of imide groups is 1. The van der Waals surface area contributed by atoms with Crippen molar-refractivity contribution >= 4 is 40.6 Å². The van der Waals surface area contributed by atoms with Crippen LogP contribution in [0.4, 0.5) is 4.79 Å². The molecule has 2 fully saturated rings. The van der Waals surface area contributed by atoms with Gasteiger partial charge in [0.15, 0.2) is 0 Å². The third kappa shape index (κ3) is 4.74. The van der Waals surface area contributed by atoms with Crippen LogP contribution in [0.1, 0.15) is 48.8 Å². The van der Waals surface area contributed by atoms with Gasteiger partial charge in [-0.25, -0.2) is 4.79 Å². The van der Waals surface area contributed by atoms with E-state index in [9.17, 15) is 14.9 Å². The van der Waals surface area contributed by atoms with Crippen LogP contribution in [0.15, 0.2) is 48.2 Å². The molecule has 1 N–H and O–H groups in total. The van der Waals surface area contributed by atoms with Crippen LogP contribution in [0, 0.1) is 14.9 Å². The lowest BCUT2D eigenvalue weighted by molar-refractivity contribution is -0.124. The number of carbonyl (C=O) groups is 2. The van der Waals surface area contributed by atoms with Gasteiger partial charge in [0.1, 0.15) is 18.1 Å². The quantitative estimate of drug-likeness (QED) is 0.339. The molecule has 0 aromatic heterocycles. The largest absolute Gasteiger partial charge is 0.488 e. The van der Waals surface area contributed by atoms with E-state index in [1.165, 1.54) is 4.90 Å². The number of ether oxygens (including phenoxy) is 1. The molecule has 0 unspecified atom stereocenters. The first-order valence-electron chi connectivity index (χ1n) is 10.3. The first-order valence-corrected chi connectivity index (χ1v) is 11.4. The topological polar surface area (TPSA) is 82.4 Å². The molecule has 158 valence electrons. The van der Waals surface area contributed by atoms with Gasteiger partial charge in [0.25, 0.3) is 5.91 Å². The minimum Gasteiger partial charge on any atom is -0.488 e. The molecule has 2 aromatic carbocycles. The first kappa shape index (κ1) is 21.4. The van der Waals surface area contributed by atoms with E-state index in [4.69, 9.17) is 4.74 Å². The highest BCUT2D eigenvalue weighted by atomic mass is 127. The molecule has 0 radical (unpaired) electrons. The predicted octanol–water partition coefficient (Wildman–Crippen LogP) is 4.97. The Morgan fingerprint density at radius 1 is 1.16 bits per heavy atom. The lowest BCUT2D eigenvalue weighted by Crippen LogP contribution is -2.41. The molecule has 2 aromatic rings. The van der Waals surface area contributed by atoms with Crippen molar-refractivity contribution in [3.8, 4) is 11.8 Å². The summed E-state index contributed by atoms with van der Waals surface area (Å²) in [5.74, 6) is 0.446. The van der Waals surface area contributed by atoms with Crippen LogP contribution in [0.25, 0.3) is 6.08 Å². The third-order valence-electron chi connectivity index (χ3n) is 5.64. The highest BCUT2D eigenvalue weighted by Crippen LogP contribution is 2.28. The molecule has 7 heteroatoms. The molecule has 1 saturated heterocycles. The number of nitrogens with one attached hydrogen (secondary N) is 1. The summed E-state index contributed by atoms with van der Waals surface area (Å²) in [5, 5.41) is 11.9. The number of nitriles is 1. The van der Waals surface area contributed by atoms with E-state index in [1.54, 1.807) is 12.1 Å². The number of amides is 3. The van der Waals surface area contributed by atoms with Crippen LogP contribution in [-0.4, -0.2) is 22.9 Å². The number of nitrogens with zero attached hydrogens (tertiary/aromatic N) is 2. The second-order valence-electron chi connectivity index (χ2n) is 7.70. The highest BCUT2D eigenvalue weighted by Gasteiger charge is 2.38. The van der Waals surface area contributed by atoms with Crippen molar-refractivity contribution in [3.05, 3.63) is 68.4 Å². The first-order chi connectivity index (χ1) is 15.1. The van der Waals surface area contributed by atoms with Crippen LogP contribution >= 0.6 is 22.6 Å². The molecule has 31 heavy (non-hydrogen) atoms. The summed E-state index contributed by atoms with van der Waals surface area (Å²) in [6.07, 6.45) is 6.74. The maximum atomic E-state index is 12.8. The number of urea groups is 1. The molecule has 0 atom stereocenters. The smallest absolute Gasteiger partial charge is 0.329 e. The molecule has 1 saturated carbocycles. The Bertz CT molecular complexity index is 1080. The molecule has 2 aliphatic rings. The molecule has 1 aliphatic heterocycles. The summed E-state index contributed by atoms with van der Waals surface area (Å²) in [6.45, 7) is 0.297. The number of halogens is 1. The second-order valence-corrected chi connectivity index (χ2v) is 8.86. The molecular weight excluding hydrogens is 505 g/mol. The number of carbonyl (C=O) groups excluding carboxylic acids is 2. The lowest BCUT2D eigenvalue weighted by atomic mass is 9.94. The lowest BCUT2D eigenvalue weighted by Gasteiger charge is -2.28. The van der Waals surface area contributed by atoms with Gasteiger partial charge in [-0.1, -0.05) is 43.5 Å². The van der Waals surface area contributed by atoms with Gasteiger partial charge < -0.3 is 10.1 Å². The Morgan fingerprint density at radius 2 is 1.94 bits per heavy atom. The van der Waals surface area contributed by atoms with Crippen molar-refractivity contribution in [2.45, 2.75) is 44.8 Å². The molecule has 0 bridgehead atoms. The summed E-state index contributed by atoms with van der Waals surface area (Å²) in [6, 6.07) is 14.8. The number of hydrogen-bond acceptors (Lipinski definition) is 4. The summed E-state index contributed by atoms with van der Waals surface area (Å²) in [4.78, 5) is 26.6. The molecular formula is C24H22IN3O3. The maximum Gasteiger partial charge on any atom is 0.329 e. The zero-order chi connectivity index (χ0) is 21.8. The molecule has 0 spiro atoms. The van der Waals surface area contributed by atoms with Gasteiger partial charge in [0, 0.05) is 11.6 Å². The van der Waals surface area contributed by atoms with Crippen LogP contribution in [0.2, 0.25) is 0 Å². The fraction of sp³-hybridized carbons (Fsp3) is 0.292. The van der Waals surface area contributed by atoms with Crippen molar-refractivity contribution in [1.29, 1.82) is 5.26 Å². The maximum absolute atomic E-state index is 12.8. The molecule has 6 nitrogen and oxygen atoms in total. The van der Waals surface area contributed by atoms with Gasteiger partial charge in [0.05, 0.1) is 15.2 Å². The van der Waals surface area contributed by atoms with Crippen molar-refractivity contribution in [2.75, 3.05) is 0 Å². The third-order valence-corrected chi connectivity index (χ3v) is 6.48. The van der Waals surface area contributed by atoms with Gasteiger partial charge in [0.2, 0.25) is 0 Å². The number of benzene rings is 2. The summed E-state index contributed by atoms with van der Waals surface area (Å²) >= 11 is 2.18. The van der Waals surface area contributed by atoms with E-state index < -0.39 is 0 Å². The Morgan fingerprint density at radius 3 is 2.68 bits per heavy atom. The minimum atomic E-state index is -0.325. The van der Waals surface area contributed by atoms with E-state index in [0.717, 1.165) is 46.8 Å². The van der Waals surface area contributed by atoms with Gasteiger partial charge in [-0.2, -0.15) is 5.26 Å². The average Bonchev–Trinajstić information content (AvgIpc) is 3.06. The highest BCUT2D eigenvalue weighted by molar-refractivity contribution is 14.1. The standard InChI is InChI=1S/C24H22IN3O3/c25-20-12-16(10-11-22(20)31-15-18-7-5-4-6-17(18)14-26)13-21-23(29)28(24(30)27-21)19-8-2-1-3-9-19/h4-7,10-13,19H,1-3,8-9,15H2,(H,27,30)/b21-13-. The summed E-state index contributed by atoms with van der Waals surface area (Å²) in [7, 11) is 0. The van der Waals surface area contributed by atoms with Gasteiger partial charge in [-0.05, 0) is 65.3 Å². The summed E-state index contributed by atoms with van der Waals surface area (Å²) < 4.78 is 6.78. The fourth-order valence-corrected chi connectivity index (χ4v) is 4.72. The SMILES string of the molecule is N#Cc1ccccc1COc1ccc(/C=C2\NC(=O)N(C3CCCCC3)C2=O)cc1I. The van der Waals surface area contributed by atoms with Crippen molar-refractivity contribution in [1.82, 2.24) is 10.2 Å². The van der Waals surface area contributed by atoms with E-state index in [2.05, 4.69) is 34.0 Å². The van der Waals surface area contributed by atoms with Crippen molar-refractivity contribution in [3.63, 3.8) is 0 Å². The molecule has 1 aliphatic carbocycles. The zero-order valence-electron chi connectivity index (χ0n) is 16.9. The van der Waals surface area contributed by atoms with Crippen LogP contribution in [0.5, 0.6) is 5.75 Å². The molecule has 3 amide bonds. The van der Waals surface area contributed by atoms with Crippen LogP contribution in [0.3, 0.4) is 0 Å². The number of hydrogen-bond donors (Lipinski definition) is 1. The van der Waals surface area contributed by atoms with Crippen molar-refractivity contribution in [2.24, 2.45) is 0 Å². The van der Waals surface area contributed by atoms with Gasteiger partial charge in [-0.15, -0.1) is 0 Å². The Labute approximate surface area is 195 Å². The van der Waals surface area contributed by atoms with Gasteiger partial charge >= 0.3 is 6.03 Å². The van der Waals surface area contributed by atoms with Crippen LogP contribution in [-0.2, 0) is 11.4 Å². The van der Waals surface area contributed by atoms with Gasteiger partial charge in [-0.3, -0.25) is 9.69 Å². The Balaban J connectivity index is 1.46. The van der Waals surface area contributed by atoms with Crippen molar-refractivity contribution < 1.29 is 14.3 Å². The normalized spacial score (nSPS) is 18.2. The average molecular weight is 527 g/mol. The van der Waals surface area contributed by atoms with E-state index in [-0.39, 0.29) is 18.0 Å². The van der Waals surface area contributed by atoms with E-state index in [1.807, 2.05) is 36.4 Å². The second kappa shape index (κ2) is 9.52. The summed E-state index contributed by atoms with van der Waals surface area (Å²) in [5.41, 5.74) is 2.54. The minimum absolute atomic E-state index is 0.000602. The van der Waals surface area contributed by atoms with E-state index in [0.29, 0.717) is 23.6 Å². The molecule has 1 heterocycles. The predicted molar refractivity (Wildman–Crippen MR) is 125 cm³/mol. The Hall–Kier alpha value is -2.86. The Kier molecular flexibility index (Phi) is 6.56. The monoisotopic (exact) mass is 527 g/mol.